The molecule has 0 aliphatic heterocycles. The van der Waals surface area contributed by atoms with Crippen LogP contribution in [0.4, 0.5) is 5.13 Å². The molecule has 20 heavy (non-hydrogen) atoms. The lowest BCUT2D eigenvalue weighted by Crippen LogP contribution is -2.14. The Morgan fingerprint density at radius 2 is 1.85 bits per heavy atom. The Kier molecular flexibility index (Phi) is 8.62. The Hall–Kier alpha value is -0.810. The van der Waals surface area contributed by atoms with E-state index in [1.54, 1.807) is 18.4 Å². The second-order valence-electron chi connectivity index (χ2n) is 5.27. The number of thiazole rings is 1. The van der Waals surface area contributed by atoms with E-state index in [0.717, 1.165) is 24.1 Å². The van der Waals surface area contributed by atoms with Gasteiger partial charge in [-0.05, 0) is 13.0 Å². The summed E-state index contributed by atoms with van der Waals surface area (Å²) in [6, 6.07) is 0. The normalized spacial score (nSPS) is 10.8. The monoisotopic (exact) mass is 299 g/mol. The number of ether oxygens (including phenoxy) is 1. The molecule has 0 atom stereocenters. The Morgan fingerprint density at radius 3 is 2.50 bits per heavy atom. The first kappa shape index (κ1) is 17.2. The lowest BCUT2D eigenvalue weighted by atomic mass is 10.1. The maximum absolute atomic E-state index is 5.33. The fraction of sp³-hybridized carbons (Fsp3) is 0.800. The van der Waals surface area contributed by atoms with Crippen LogP contribution >= 0.6 is 11.3 Å². The first-order chi connectivity index (χ1) is 9.69. The highest BCUT2D eigenvalue weighted by atomic mass is 32.1. The van der Waals surface area contributed by atoms with E-state index < -0.39 is 0 Å². The average Bonchev–Trinajstić information content (AvgIpc) is 2.85. The number of aromatic nitrogens is 1. The third-order valence-electron chi connectivity index (χ3n) is 3.22. The van der Waals surface area contributed by atoms with Crippen LogP contribution in [0.2, 0.25) is 0 Å². The van der Waals surface area contributed by atoms with E-state index in [-0.39, 0.29) is 0 Å². The van der Waals surface area contributed by atoms with Crippen molar-refractivity contribution in [2.45, 2.75) is 52.0 Å². The molecule has 0 unspecified atom stereocenters. The molecule has 0 fully saturated rings. The molecule has 0 radical (unpaired) electrons. The smallest absolute Gasteiger partial charge is 0.230 e. The first-order valence-electron chi connectivity index (χ1n) is 7.60. The van der Waals surface area contributed by atoms with Crippen molar-refractivity contribution < 1.29 is 4.74 Å². The van der Waals surface area contributed by atoms with Gasteiger partial charge in [-0.2, -0.15) is 4.98 Å². The highest BCUT2D eigenvalue weighted by Gasteiger charge is 2.12. The molecule has 4 nitrogen and oxygen atoms in total. The fourth-order valence-corrected chi connectivity index (χ4v) is 2.94. The van der Waals surface area contributed by atoms with Crippen LogP contribution in [0.3, 0.4) is 0 Å². The van der Waals surface area contributed by atoms with Crippen molar-refractivity contribution in [3.8, 4) is 5.88 Å². The molecule has 0 saturated heterocycles. The van der Waals surface area contributed by atoms with E-state index in [4.69, 9.17) is 4.74 Å². The lowest BCUT2D eigenvalue weighted by molar-refractivity contribution is 0.394. The summed E-state index contributed by atoms with van der Waals surface area (Å²) in [6.45, 7) is 4.18. The van der Waals surface area contributed by atoms with E-state index >= 15 is 0 Å². The van der Waals surface area contributed by atoms with Crippen LogP contribution in [-0.2, 0) is 6.54 Å². The number of rotatable bonds is 11. The van der Waals surface area contributed by atoms with Gasteiger partial charge in [-0.15, -0.1) is 0 Å². The molecule has 1 rings (SSSR count). The Labute approximate surface area is 127 Å². The maximum Gasteiger partial charge on any atom is 0.230 e. The molecule has 116 valence electrons. The van der Waals surface area contributed by atoms with Crippen LogP contribution in [0.1, 0.15) is 50.3 Å². The zero-order chi connectivity index (χ0) is 14.8. The number of anilines is 1. The number of nitrogens with one attached hydrogen (secondary N) is 1. The molecule has 0 spiro atoms. The number of methoxy groups -OCH3 is 1. The van der Waals surface area contributed by atoms with Gasteiger partial charge >= 0.3 is 0 Å². The summed E-state index contributed by atoms with van der Waals surface area (Å²) in [6.07, 6.45) is 8.02. The number of nitrogens with zero attached hydrogens (tertiary/aromatic N) is 2. The molecule has 1 heterocycles. The Bertz CT molecular complexity index is 366. The summed E-state index contributed by atoms with van der Waals surface area (Å²) in [5.74, 6) is 0.758. The molecule has 1 aromatic rings. The van der Waals surface area contributed by atoms with Crippen LogP contribution < -0.4 is 15.0 Å². The van der Waals surface area contributed by atoms with Crippen molar-refractivity contribution in [3.05, 3.63) is 4.88 Å². The highest BCUT2D eigenvalue weighted by molar-refractivity contribution is 7.15. The molecule has 5 heteroatoms. The number of hydrogen-bond acceptors (Lipinski definition) is 5. The van der Waals surface area contributed by atoms with Crippen molar-refractivity contribution in [2.24, 2.45) is 0 Å². The molecule has 0 bridgehead atoms. The van der Waals surface area contributed by atoms with E-state index in [1.165, 1.54) is 43.4 Å². The molecule has 0 aromatic carbocycles. The average molecular weight is 299 g/mol. The third-order valence-corrected chi connectivity index (χ3v) is 4.42. The van der Waals surface area contributed by atoms with Gasteiger partial charge in [0.1, 0.15) is 0 Å². The second-order valence-corrected chi connectivity index (χ2v) is 6.33. The predicted molar refractivity (Wildman–Crippen MR) is 88.1 cm³/mol. The first-order valence-corrected chi connectivity index (χ1v) is 8.42. The summed E-state index contributed by atoms with van der Waals surface area (Å²) in [5, 5.41) is 4.49. The van der Waals surface area contributed by atoms with Crippen LogP contribution in [0.25, 0.3) is 0 Å². The van der Waals surface area contributed by atoms with Crippen molar-refractivity contribution in [2.75, 3.05) is 32.6 Å². The highest BCUT2D eigenvalue weighted by Crippen LogP contribution is 2.30. The summed E-state index contributed by atoms with van der Waals surface area (Å²) >= 11 is 1.69. The van der Waals surface area contributed by atoms with Gasteiger partial charge in [0, 0.05) is 20.6 Å². The van der Waals surface area contributed by atoms with Crippen LogP contribution in [0.15, 0.2) is 0 Å². The van der Waals surface area contributed by atoms with E-state index in [9.17, 15) is 0 Å². The zero-order valence-electron chi connectivity index (χ0n) is 13.4. The van der Waals surface area contributed by atoms with Gasteiger partial charge in [-0.25, -0.2) is 0 Å². The number of hydrogen-bond donors (Lipinski definition) is 1. The molecule has 0 aliphatic rings. The van der Waals surface area contributed by atoms with Gasteiger partial charge in [-0.1, -0.05) is 50.4 Å². The minimum Gasteiger partial charge on any atom is -0.480 e. The second kappa shape index (κ2) is 10.00. The molecular formula is C15H29N3OS. The molecular weight excluding hydrogens is 270 g/mol. The topological polar surface area (TPSA) is 37.4 Å². The summed E-state index contributed by atoms with van der Waals surface area (Å²) < 4.78 is 5.33. The summed E-state index contributed by atoms with van der Waals surface area (Å²) in [7, 11) is 5.70. The summed E-state index contributed by atoms with van der Waals surface area (Å²) in [4.78, 5) is 7.66. The predicted octanol–water partition coefficient (Wildman–Crippen LogP) is 3.67. The minimum atomic E-state index is 0.758. The van der Waals surface area contributed by atoms with Gasteiger partial charge in [0.2, 0.25) is 5.88 Å². The zero-order valence-corrected chi connectivity index (χ0v) is 14.2. The van der Waals surface area contributed by atoms with Gasteiger partial charge in [-0.3, -0.25) is 0 Å². The van der Waals surface area contributed by atoms with E-state index in [2.05, 4.69) is 17.2 Å². The van der Waals surface area contributed by atoms with Gasteiger partial charge in [0.05, 0.1) is 12.0 Å². The van der Waals surface area contributed by atoms with Gasteiger partial charge in [0.15, 0.2) is 5.13 Å². The summed E-state index contributed by atoms with van der Waals surface area (Å²) in [5.41, 5.74) is 0. The standard InChI is InChI=1S/C15H29N3OS/c1-5-6-7-8-9-10-11-16-12-13-14(19-4)17-15(20-13)18(2)3/h16H,5-12H2,1-4H3. The van der Waals surface area contributed by atoms with E-state index in [0.29, 0.717) is 0 Å². The molecule has 1 aromatic heterocycles. The van der Waals surface area contributed by atoms with Crippen molar-refractivity contribution >= 4 is 16.5 Å². The van der Waals surface area contributed by atoms with Crippen molar-refractivity contribution in [1.29, 1.82) is 0 Å². The Morgan fingerprint density at radius 1 is 1.15 bits per heavy atom. The lowest BCUT2D eigenvalue weighted by Gasteiger charge is -2.05. The van der Waals surface area contributed by atoms with Crippen LogP contribution in [-0.4, -0.2) is 32.7 Å². The van der Waals surface area contributed by atoms with Crippen molar-refractivity contribution in [1.82, 2.24) is 10.3 Å². The van der Waals surface area contributed by atoms with Crippen LogP contribution in [0.5, 0.6) is 5.88 Å². The molecule has 0 saturated carbocycles. The SMILES string of the molecule is CCCCCCCCNCc1sc(N(C)C)nc1OC. The van der Waals surface area contributed by atoms with E-state index in [1.807, 2.05) is 19.0 Å². The van der Waals surface area contributed by atoms with Gasteiger partial charge < -0.3 is 15.0 Å². The molecule has 0 aliphatic carbocycles. The largest absolute Gasteiger partial charge is 0.480 e. The molecule has 0 amide bonds. The quantitative estimate of drug-likeness (QED) is 0.633. The third kappa shape index (κ3) is 6.09. The Balaban J connectivity index is 2.21. The number of unbranched alkanes of at least 4 members (excludes halogenated alkanes) is 5. The van der Waals surface area contributed by atoms with Crippen molar-refractivity contribution in [3.63, 3.8) is 0 Å². The van der Waals surface area contributed by atoms with Gasteiger partial charge in [0.25, 0.3) is 0 Å². The minimum absolute atomic E-state index is 0.758. The maximum atomic E-state index is 5.33. The fourth-order valence-electron chi connectivity index (χ4n) is 2.02. The van der Waals surface area contributed by atoms with Crippen LogP contribution in [0, 0.1) is 0 Å². The molecule has 1 N–H and O–H groups in total.